The van der Waals surface area contributed by atoms with Gasteiger partial charge in [0.05, 0.1) is 0 Å². The fourth-order valence-electron chi connectivity index (χ4n) is 3.31. The fraction of sp³-hybridized carbons (Fsp3) is 0.591. The van der Waals surface area contributed by atoms with Gasteiger partial charge in [0.25, 0.3) is 0 Å². The van der Waals surface area contributed by atoms with Crippen LogP contribution in [0.15, 0.2) is 24.3 Å². The van der Waals surface area contributed by atoms with Gasteiger partial charge in [0.1, 0.15) is 11.6 Å². The Hall–Kier alpha value is -1.71. The van der Waals surface area contributed by atoms with E-state index in [4.69, 9.17) is 0 Å². The van der Waals surface area contributed by atoms with Crippen molar-refractivity contribution in [3.8, 4) is 0 Å². The summed E-state index contributed by atoms with van der Waals surface area (Å²) in [6.07, 6.45) is 4.91. The lowest BCUT2D eigenvalue weighted by molar-refractivity contribution is -0.129. The lowest BCUT2D eigenvalue weighted by Gasteiger charge is -2.36. The molecule has 0 aliphatic rings. The van der Waals surface area contributed by atoms with E-state index < -0.39 is 11.6 Å². The third-order valence-electron chi connectivity index (χ3n) is 4.69. The molecule has 146 valence electrons. The molecular formula is C22H33F2NO. The average Bonchev–Trinajstić information content (AvgIpc) is 2.55. The molecule has 0 heterocycles. The molecule has 0 spiro atoms. The van der Waals surface area contributed by atoms with Crippen molar-refractivity contribution in [3.05, 3.63) is 41.5 Å². The fourth-order valence-corrected chi connectivity index (χ4v) is 3.31. The van der Waals surface area contributed by atoms with Crippen molar-refractivity contribution >= 4 is 12.0 Å². The molecule has 2 nitrogen and oxygen atoms in total. The minimum atomic E-state index is -0.663. The highest BCUT2D eigenvalue weighted by Gasteiger charge is 2.26. The van der Waals surface area contributed by atoms with Crippen LogP contribution in [0.4, 0.5) is 8.78 Å². The van der Waals surface area contributed by atoms with E-state index in [1.165, 1.54) is 24.3 Å². The summed E-state index contributed by atoms with van der Waals surface area (Å²) in [5.74, 6) is -0.0776. The molecule has 1 aromatic carbocycles. The van der Waals surface area contributed by atoms with Crippen LogP contribution in [0.3, 0.4) is 0 Å². The van der Waals surface area contributed by atoms with Crippen LogP contribution >= 0.6 is 0 Å². The van der Waals surface area contributed by atoms with Crippen molar-refractivity contribution in [2.45, 2.75) is 60.4 Å². The molecule has 0 bridgehead atoms. The van der Waals surface area contributed by atoms with Crippen LogP contribution in [0.25, 0.3) is 6.08 Å². The van der Waals surface area contributed by atoms with Gasteiger partial charge in [-0.3, -0.25) is 4.79 Å². The third-order valence-corrected chi connectivity index (χ3v) is 4.69. The lowest BCUT2D eigenvalue weighted by atomic mass is 9.88. The van der Waals surface area contributed by atoms with Crippen LogP contribution < -0.4 is 0 Å². The molecule has 1 amide bonds. The van der Waals surface area contributed by atoms with Gasteiger partial charge in [-0.25, -0.2) is 8.78 Å². The predicted molar refractivity (Wildman–Crippen MR) is 105 cm³/mol. The van der Waals surface area contributed by atoms with E-state index in [1.807, 2.05) is 4.90 Å². The largest absolute Gasteiger partial charge is 0.336 e. The van der Waals surface area contributed by atoms with E-state index in [0.717, 1.165) is 18.9 Å². The molecule has 2 unspecified atom stereocenters. The Morgan fingerprint density at radius 2 is 1.77 bits per heavy atom. The van der Waals surface area contributed by atoms with Gasteiger partial charge in [-0.1, -0.05) is 41.0 Å². The van der Waals surface area contributed by atoms with Crippen LogP contribution in [0, 0.1) is 29.4 Å². The van der Waals surface area contributed by atoms with Crippen LogP contribution in [0.1, 0.15) is 59.9 Å². The molecule has 0 N–H and O–H groups in total. The highest BCUT2D eigenvalue weighted by atomic mass is 19.1. The molecule has 1 rings (SSSR count). The van der Waals surface area contributed by atoms with Gasteiger partial charge < -0.3 is 4.90 Å². The van der Waals surface area contributed by atoms with Crippen molar-refractivity contribution in [3.63, 3.8) is 0 Å². The maximum atomic E-state index is 13.8. The molecule has 0 saturated carbocycles. The van der Waals surface area contributed by atoms with Gasteiger partial charge >= 0.3 is 0 Å². The van der Waals surface area contributed by atoms with Crippen molar-refractivity contribution in [1.82, 2.24) is 4.90 Å². The molecule has 4 heteroatoms. The van der Waals surface area contributed by atoms with Gasteiger partial charge in [0.2, 0.25) is 5.91 Å². The summed E-state index contributed by atoms with van der Waals surface area (Å²) < 4.78 is 26.8. The number of benzene rings is 1. The number of nitrogens with zero attached hydrogens (tertiary/aromatic N) is 1. The topological polar surface area (TPSA) is 20.3 Å². The van der Waals surface area contributed by atoms with Crippen LogP contribution in [0.5, 0.6) is 0 Å². The van der Waals surface area contributed by atoms with Gasteiger partial charge in [0.15, 0.2) is 0 Å². The highest BCUT2D eigenvalue weighted by molar-refractivity contribution is 5.92. The van der Waals surface area contributed by atoms with E-state index in [1.54, 1.807) is 0 Å². The normalized spacial score (nSPS) is 14.2. The average molecular weight is 366 g/mol. The number of rotatable bonds is 9. The zero-order valence-electron chi connectivity index (χ0n) is 16.9. The maximum Gasteiger partial charge on any atom is 0.246 e. The van der Waals surface area contributed by atoms with Crippen LogP contribution in [-0.2, 0) is 4.79 Å². The molecule has 0 aliphatic carbocycles. The van der Waals surface area contributed by atoms with Gasteiger partial charge in [0, 0.05) is 30.3 Å². The third kappa shape index (κ3) is 6.89. The quantitative estimate of drug-likeness (QED) is 0.497. The molecule has 0 aliphatic heterocycles. The first kappa shape index (κ1) is 22.3. The summed E-state index contributed by atoms with van der Waals surface area (Å²) in [4.78, 5) is 14.7. The zero-order chi connectivity index (χ0) is 19.9. The predicted octanol–water partition coefficient (Wildman–Crippen LogP) is 5.92. The van der Waals surface area contributed by atoms with Gasteiger partial charge in [-0.05, 0) is 49.3 Å². The number of hydrogen-bond acceptors (Lipinski definition) is 1. The number of amides is 1. The van der Waals surface area contributed by atoms with Crippen molar-refractivity contribution in [1.29, 1.82) is 0 Å². The highest BCUT2D eigenvalue weighted by Crippen LogP contribution is 2.24. The number of carbonyl (C=O) groups excluding carboxylic acids is 1. The first-order chi connectivity index (χ1) is 12.1. The Labute approximate surface area is 157 Å². The number of halogens is 2. The molecule has 1 aromatic rings. The second-order valence-electron chi connectivity index (χ2n) is 7.92. The van der Waals surface area contributed by atoms with Crippen molar-refractivity contribution < 1.29 is 13.6 Å². The Bertz CT molecular complexity index is 610. The van der Waals surface area contributed by atoms with E-state index in [-0.39, 0.29) is 17.5 Å². The second kappa shape index (κ2) is 10.4. The van der Waals surface area contributed by atoms with Crippen LogP contribution in [0.2, 0.25) is 0 Å². The maximum absolute atomic E-state index is 13.8. The summed E-state index contributed by atoms with van der Waals surface area (Å²) in [5.41, 5.74) is 0.214. The molecule has 0 radical (unpaired) electrons. The monoisotopic (exact) mass is 365 g/mol. The van der Waals surface area contributed by atoms with E-state index in [0.29, 0.717) is 24.3 Å². The summed E-state index contributed by atoms with van der Waals surface area (Å²) in [5, 5.41) is 0. The molecular weight excluding hydrogens is 332 g/mol. The van der Waals surface area contributed by atoms with Crippen molar-refractivity contribution in [2.75, 3.05) is 6.54 Å². The first-order valence-electron chi connectivity index (χ1n) is 9.59. The Morgan fingerprint density at radius 1 is 1.12 bits per heavy atom. The smallest absolute Gasteiger partial charge is 0.246 e. The standard InChI is InChI=1S/C22H33F2NO/c1-7-18(12-15(2)3)17(6)25(14-16(4)5)22(26)11-9-19-8-10-20(23)13-21(19)24/h8-11,13,15-18H,7,12,14H2,1-6H3. The summed E-state index contributed by atoms with van der Waals surface area (Å²) in [6, 6.07) is 3.48. The molecule has 0 fully saturated rings. The van der Waals surface area contributed by atoms with Crippen LogP contribution in [-0.4, -0.2) is 23.4 Å². The van der Waals surface area contributed by atoms with E-state index in [2.05, 4.69) is 41.5 Å². The minimum Gasteiger partial charge on any atom is -0.336 e. The Kier molecular flexibility index (Phi) is 8.97. The summed E-state index contributed by atoms with van der Waals surface area (Å²) in [6.45, 7) is 13.5. The summed E-state index contributed by atoms with van der Waals surface area (Å²) in [7, 11) is 0. The van der Waals surface area contributed by atoms with E-state index in [9.17, 15) is 13.6 Å². The molecule has 26 heavy (non-hydrogen) atoms. The number of carbonyl (C=O) groups is 1. The van der Waals surface area contributed by atoms with Crippen molar-refractivity contribution in [2.24, 2.45) is 17.8 Å². The SMILES string of the molecule is CCC(CC(C)C)C(C)N(CC(C)C)C(=O)C=Cc1ccc(F)cc1F. The molecule has 0 aromatic heterocycles. The van der Waals surface area contributed by atoms with Gasteiger partial charge in [-0.2, -0.15) is 0 Å². The molecule has 2 atom stereocenters. The lowest BCUT2D eigenvalue weighted by Crippen LogP contribution is -2.44. The summed E-state index contributed by atoms with van der Waals surface area (Å²) >= 11 is 0. The van der Waals surface area contributed by atoms with Gasteiger partial charge in [-0.15, -0.1) is 0 Å². The molecule has 0 saturated heterocycles. The zero-order valence-corrected chi connectivity index (χ0v) is 16.9. The Balaban J connectivity index is 2.99. The minimum absolute atomic E-state index is 0.111. The Morgan fingerprint density at radius 3 is 2.27 bits per heavy atom. The number of hydrogen-bond donors (Lipinski definition) is 0. The van der Waals surface area contributed by atoms with E-state index >= 15 is 0 Å². The first-order valence-corrected chi connectivity index (χ1v) is 9.59. The second-order valence-corrected chi connectivity index (χ2v) is 7.92.